The number of carbonyl (C=O) groups is 2. The van der Waals surface area contributed by atoms with E-state index in [1.807, 2.05) is 31.2 Å². The van der Waals surface area contributed by atoms with Crippen LogP contribution in [0, 0.1) is 6.92 Å². The van der Waals surface area contributed by atoms with Gasteiger partial charge in [-0.3, -0.25) is 9.59 Å². The minimum absolute atomic E-state index is 0.0807. The number of halogens is 1. The molecule has 8 nitrogen and oxygen atoms in total. The number of aromatic nitrogens is 4. The molecule has 0 aliphatic rings. The summed E-state index contributed by atoms with van der Waals surface area (Å²) in [5.41, 5.74) is 3.29. The van der Waals surface area contributed by atoms with Crippen molar-refractivity contribution in [3.63, 3.8) is 0 Å². The second kappa shape index (κ2) is 10.6. The van der Waals surface area contributed by atoms with Crippen LogP contribution in [-0.4, -0.2) is 51.7 Å². The molecule has 1 amide bonds. The Hall–Kier alpha value is -3.36. The Bertz CT molecular complexity index is 1070. The highest BCUT2D eigenvalue weighted by molar-refractivity contribution is 6.30. The van der Waals surface area contributed by atoms with Crippen molar-refractivity contribution in [3.8, 4) is 5.69 Å². The number of methoxy groups -OCH3 is 1. The molecule has 0 bridgehead atoms. The van der Waals surface area contributed by atoms with Crippen molar-refractivity contribution in [1.29, 1.82) is 0 Å². The smallest absolute Gasteiger partial charge is 0.244 e. The van der Waals surface area contributed by atoms with Gasteiger partial charge in [0.05, 0.1) is 12.3 Å². The van der Waals surface area contributed by atoms with Crippen LogP contribution in [0.25, 0.3) is 11.8 Å². The van der Waals surface area contributed by atoms with Crippen molar-refractivity contribution < 1.29 is 14.3 Å². The first kappa shape index (κ1) is 22.3. The van der Waals surface area contributed by atoms with E-state index in [1.165, 1.54) is 24.2 Å². The Morgan fingerprint density at radius 1 is 1.23 bits per heavy atom. The first-order valence-electron chi connectivity index (χ1n) is 9.55. The van der Waals surface area contributed by atoms with E-state index in [2.05, 4.69) is 20.8 Å². The van der Waals surface area contributed by atoms with E-state index in [9.17, 15) is 9.59 Å². The van der Waals surface area contributed by atoms with E-state index in [0.717, 1.165) is 11.1 Å². The van der Waals surface area contributed by atoms with Crippen molar-refractivity contribution in [2.45, 2.75) is 19.4 Å². The highest BCUT2D eigenvalue weighted by Gasteiger charge is 2.20. The average molecular weight is 440 g/mol. The molecule has 160 valence electrons. The van der Waals surface area contributed by atoms with Gasteiger partial charge in [-0.25, -0.2) is 0 Å². The van der Waals surface area contributed by atoms with Crippen LogP contribution in [0.1, 0.15) is 16.7 Å². The Morgan fingerprint density at radius 2 is 2.00 bits per heavy atom. The van der Waals surface area contributed by atoms with Gasteiger partial charge in [0.2, 0.25) is 5.91 Å². The molecule has 1 heterocycles. The predicted octanol–water partition coefficient (Wildman–Crippen LogP) is 2.58. The molecule has 0 aliphatic heterocycles. The number of hydrogen-bond donors (Lipinski definition) is 1. The van der Waals surface area contributed by atoms with Gasteiger partial charge in [-0.2, -0.15) is 4.68 Å². The lowest BCUT2D eigenvalue weighted by Gasteiger charge is -2.16. The van der Waals surface area contributed by atoms with Crippen LogP contribution in [-0.2, 0) is 20.7 Å². The lowest BCUT2D eigenvalue weighted by molar-refractivity contribution is -0.126. The second-order valence-corrected chi connectivity index (χ2v) is 7.37. The molecule has 3 rings (SSSR count). The molecule has 0 unspecified atom stereocenters. The van der Waals surface area contributed by atoms with Gasteiger partial charge in [0, 0.05) is 30.2 Å². The number of nitrogens with one attached hydrogen (secondary N) is 1. The summed E-state index contributed by atoms with van der Waals surface area (Å²) in [6, 6.07) is 12.1. The zero-order chi connectivity index (χ0) is 22.2. The van der Waals surface area contributed by atoms with Crippen molar-refractivity contribution in [2.75, 3.05) is 13.7 Å². The Kier molecular flexibility index (Phi) is 7.64. The zero-order valence-corrected chi connectivity index (χ0v) is 17.9. The summed E-state index contributed by atoms with van der Waals surface area (Å²) >= 11 is 6.09. The number of aryl methyl sites for hydroxylation is 1. The summed E-state index contributed by atoms with van der Waals surface area (Å²) in [5, 5.41) is 14.3. The van der Waals surface area contributed by atoms with Gasteiger partial charge >= 0.3 is 0 Å². The molecule has 1 atom stereocenters. The van der Waals surface area contributed by atoms with Crippen LogP contribution >= 0.6 is 11.6 Å². The van der Waals surface area contributed by atoms with Crippen LogP contribution in [0.3, 0.4) is 0 Å². The van der Waals surface area contributed by atoms with Gasteiger partial charge in [0.25, 0.3) is 0 Å². The van der Waals surface area contributed by atoms with Gasteiger partial charge in [-0.1, -0.05) is 41.4 Å². The second-order valence-electron chi connectivity index (χ2n) is 6.94. The number of nitrogens with zero attached hydrogens (tertiary/aromatic N) is 4. The molecule has 1 N–H and O–H groups in total. The number of Topliss-reactive ketones (excluding diaryl/α,β-unsaturated/α-hetero) is 1. The average Bonchev–Trinajstić information content (AvgIpc) is 3.28. The van der Waals surface area contributed by atoms with E-state index in [1.54, 1.807) is 24.3 Å². The lowest BCUT2D eigenvalue weighted by Crippen LogP contribution is -2.44. The summed E-state index contributed by atoms with van der Waals surface area (Å²) in [6.45, 7) is 2.06. The highest BCUT2D eigenvalue weighted by atomic mass is 35.5. The molecule has 3 aromatic rings. The molecule has 0 radical (unpaired) electrons. The molecule has 0 spiro atoms. The number of rotatable bonds is 9. The fraction of sp³-hybridized carbons (Fsp3) is 0.227. The topological polar surface area (TPSA) is 99.0 Å². The molecular weight excluding hydrogens is 418 g/mol. The third-order valence-electron chi connectivity index (χ3n) is 4.54. The Morgan fingerprint density at radius 3 is 2.68 bits per heavy atom. The summed E-state index contributed by atoms with van der Waals surface area (Å²) < 4.78 is 6.59. The maximum Gasteiger partial charge on any atom is 0.244 e. The van der Waals surface area contributed by atoms with E-state index in [0.29, 0.717) is 16.3 Å². The Labute approximate surface area is 184 Å². The molecule has 1 aromatic heterocycles. The number of benzene rings is 2. The molecule has 0 fully saturated rings. The van der Waals surface area contributed by atoms with Gasteiger partial charge < -0.3 is 10.1 Å². The summed E-state index contributed by atoms with van der Waals surface area (Å²) in [5.74, 6) is -0.563. The van der Waals surface area contributed by atoms with E-state index < -0.39 is 11.9 Å². The third-order valence-corrected chi connectivity index (χ3v) is 4.77. The lowest BCUT2D eigenvalue weighted by atomic mass is 10.0. The van der Waals surface area contributed by atoms with Crippen molar-refractivity contribution in [3.05, 3.63) is 76.6 Å². The van der Waals surface area contributed by atoms with Crippen molar-refractivity contribution in [1.82, 2.24) is 25.5 Å². The number of tetrazole rings is 1. The Balaban J connectivity index is 1.70. The van der Waals surface area contributed by atoms with Gasteiger partial charge in [-0.15, -0.1) is 5.10 Å². The first-order valence-corrected chi connectivity index (χ1v) is 9.92. The number of carbonyl (C=O) groups excluding carboxylic acids is 2. The third kappa shape index (κ3) is 6.31. The number of hydrogen-bond acceptors (Lipinski definition) is 6. The largest absolute Gasteiger partial charge is 0.382 e. The van der Waals surface area contributed by atoms with Crippen LogP contribution in [0.15, 0.2) is 54.9 Å². The van der Waals surface area contributed by atoms with Crippen LogP contribution in [0.4, 0.5) is 0 Å². The summed E-state index contributed by atoms with van der Waals surface area (Å²) in [4.78, 5) is 25.2. The fourth-order valence-corrected chi connectivity index (χ4v) is 3.12. The van der Waals surface area contributed by atoms with E-state index in [4.69, 9.17) is 16.3 Å². The fourth-order valence-electron chi connectivity index (χ4n) is 2.94. The molecule has 0 saturated carbocycles. The number of ketones is 1. The maximum atomic E-state index is 12.7. The summed E-state index contributed by atoms with van der Waals surface area (Å²) in [7, 11) is 1.48. The van der Waals surface area contributed by atoms with Crippen molar-refractivity contribution >= 4 is 29.4 Å². The van der Waals surface area contributed by atoms with Crippen LogP contribution in [0.5, 0.6) is 0 Å². The SMILES string of the molecule is COC[C@H](NC(=O)/C=C/c1cc(Cl)ccc1-n1cnnn1)C(=O)Cc1ccc(C)cc1. The molecule has 31 heavy (non-hydrogen) atoms. The van der Waals surface area contributed by atoms with Crippen LogP contribution in [0.2, 0.25) is 5.02 Å². The number of ether oxygens (including phenoxy) is 1. The zero-order valence-electron chi connectivity index (χ0n) is 17.2. The monoisotopic (exact) mass is 439 g/mol. The quantitative estimate of drug-likeness (QED) is 0.514. The first-order chi connectivity index (χ1) is 15.0. The van der Waals surface area contributed by atoms with Gasteiger partial charge in [0.1, 0.15) is 12.4 Å². The normalized spacial score (nSPS) is 12.1. The molecular formula is C22H22ClN5O3. The maximum absolute atomic E-state index is 12.7. The molecule has 2 aromatic carbocycles. The predicted molar refractivity (Wildman–Crippen MR) is 117 cm³/mol. The number of amides is 1. The van der Waals surface area contributed by atoms with Gasteiger partial charge in [-0.05, 0) is 47.2 Å². The van der Waals surface area contributed by atoms with E-state index >= 15 is 0 Å². The van der Waals surface area contributed by atoms with Crippen molar-refractivity contribution in [2.24, 2.45) is 0 Å². The molecule has 0 saturated heterocycles. The minimum atomic E-state index is -0.762. The minimum Gasteiger partial charge on any atom is -0.382 e. The highest BCUT2D eigenvalue weighted by Crippen LogP contribution is 2.20. The van der Waals surface area contributed by atoms with Gasteiger partial charge in [0.15, 0.2) is 5.78 Å². The summed E-state index contributed by atoms with van der Waals surface area (Å²) in [6.07, 6.45) is 4.57. The standard InChI is InChI=1S/C22H22ClN5O3/c1-15-3-5-16(6-4-15)11-21(29)19(13-31-2)25-22(30)10-7-17-12-18(23)8-9-20(17)28-14-24-26-27-28/h3-10,12,14,19H,11,13H2,1-2H3,(H,25,30)/b10-7+/t19-/m0/s1. The van der Waals surface area contributed by atoms with E-state index in [-0.39, 0.29) is 18.8 Å². The molecule has 9 heteroatoms. The molecule has 0 aliphatic carbocycles. The van der Waals surface area contributed by atoms with Crippen LogP contribution < -0.4 is 5.32 Å².